The molecule has 1 aliphatic rings. The number of amides is 1. The number of carbonyl (C=O) groups is 2. The van der Waals surface area contributed by atoms with E-state index in [0.717, 1.165) is 13.2 Å². The van der Waals surface area contributed by atoms with Gasteiger partial charge in [0.2, 0.25) is 0 Å². The Morgan fingerprint density at radius 3 is 2.44 bits per heavy atom. The van der Waals surface area contributed by atoms with Crippen molar-refractivity contribution in [3.05, 3.63) is 33.4 Å². The molecule has 0 bridgehead atoms. The predicted octanol–water partition coefficient (Wildman–Crippen LogP) is 0.825. The highest BCUT2D eigenvalue weighted by molar-refractivity contribution is 5.95. The van der Waals surface area contributed by atoms with Gasteiger partial charge in [-0.2, -0.15) is 0 Å². The van der Waals surface area contributed by atoms with Crippen LogP contribution in [0.5, 0.6) is 0 Å². The van der Waals surface area contributed by atoms with Gasteiger partial charge in [-0.1, -0.05) is 0 Å². The molecule has 0 radical (unpaired) electrons. The zero-order valence-electron chi connectivity index (χ0n) is 18.5. The number of hydrogen-bond acceptors (Lipinski definition) is 10. The maximum Gasteiger partial charge on any atom is 0.410 e. The van der Waals surface area contributed by atoms with E-state index < -0.39 is 53.6 Å². The molecule has 3 N–H and O–H groups in total. The summed E-state index contributed by atoms with van der Waals surface area (Å²) < 4.78 is 10.0. The van der Waals surface area contributed by atoms with Gasteiger partial charge in [-0.3, -0.25) is 10.1 Å². The summed E-state index contributed by atoms with van der Waals surface area (Å²) >= 11 is 0. The third kappa shape index (κ3) is 5.64. The monoisotopic (exact) mass is 455 g/mol. The molecular weight excluding hydrogens is 426 g/mol. The normalized spacial score (nSPS) is 17.7. The first-order valence-corrected chi connectivity index (χ1v) is 9.98. The Hall–Kier alpha value is -2.96. The van der Waals surface area contributed by atoms with Crippen LogP contribution in [0.25, 0.3) is 0 Å². The van der Waals surface area contributed by atoms with Crippen LogP contribution >= 0.6 is 0 Å². The number of esters is 1. The molecule has 1 aliphatic heterocycles. The van der Waals surface area contributed by atoms with Crippen LogP contribution in [0.2, 0.25) is 0 Å². The van der Waals surface area contributed by atoms with Crippen molar-refractivity contribution in [1.82, 2.24) is 4.90 Å². The molecule has 178 valence electrons. The number of nitrogens with zero attached hydrogens (tertiary/aromatic N) is 3. The quantitative estimate of drug-likeness (QED) is 0.318. The molecule has 2 unspecified atom stereocenters. The second-order valence-corrected chi connectivity index (χ2v) is 8.33. The first-order valence-electron chi connectivity index (χ1n) is 9.98. The van der Waals surface area contributed by atoms with Gasteiger partial charge >= 0.3 is 12.1 Å². The van der Waals surface area contributed by atoms with Crippen LogP contribution in [0.1, 0.15) is 42.8 Å². The Kier molecular flexibility index (Phi) is 7.99. The van der Waals surface area contributed by atoms with Crippen molar-refractivity contribution in [2.24, 2.45) is 0 Å². The number of carbonyl (C=O) groups excluding carboxylic acids is 2. The summed E-state index contributed by atoms with van der Waals surface area (Å²) in [6.45, 7) is 4.54. The molecule has 1 aromatic carbocycles. The number of nitro benzene ring substituents is 1. The number of rotatable bonds is 6. The molecular formula is C20H29N3O9. The number of anilines is 1. The van der Waals surface area contributed by atoms with Crippen LogP contribution in [0.3, 0.4) is 0 Å². The largest absolute Gasteiger partial charge is 0.465 e. The minimum absolute atomic E-state index is 0.0102. The van der Waals surface area contributed by atoms with E-state index in [1.165, 1.54) is 11.0 Å². The van der Waals surface area contributed by atoms with E-state index in [1.807, 2.05) is 0 Å². The Bertz CT molecular complexity index is 869. The van der Waals surface area contributed by atoms with Gasteiger partial charge in [0, 0.05) is 37.0 Å². The van der Waals surface area contributed by atoms with Crippen LogP contribution in [0, 0.1) is 10.1 Å². The van der Waals surface area contributed by atoms with Gasteiger partial charge in [-0.05, 0) is 26.8 Å². The number of ether oxygens (including phenoxy) is 2. The fourth-order valence-electron chi connectivity index (χ4n) is 3.45. The highest BCUT2D eigenvalue weighted by Gasteiger charge is 2.35. The molecule has 1 amide bonds. The summed E-state index contributed by atoms with van der Waals surface area (Å²) in [4.78, 5) is 38.4. The second kappa shape index (κ2) is 10.1. The van der Waals surface area contributed by atoms with Gasteiger partial charge in [-0.15, -0.1) is 0 Å². The van der Waals surface area contributed by atoms with E-state index in [-0.39, 0.29) is 36.4 Å². The summed E-state index contributed by atoms with van der Waals surface area (Å²) in [5.41, 5.74) is -1.41. The highest BCUT2D eigenvalue weighted by atomic mass is 16.6. The number of nitro groups is 1. The molecule has 12 nitrogen and oxygen atoms in total. The molecule has 0 saturated carbocycles. The van der Waals surface area contributed by atoms with Crippen molar-refractivity contribution in [3.63, 3.8) is 0 Å². The van der Waals surface area contributed by atoms with Crippen LogP contribution in [-0.4, -0.2) is 88.8 Å². The van der Waals surface area contributed by atoms with Crippen molar-refractivity contribution in [1.29, 1.82) is 0 Å². The van der Waals surface area contributed by atoms with Crippen molar-refractivity contribution in [2.75, 3.05) is 44.9 Å². The molecule has 12 heteroatoms. The molecule has 1 fully saturated rings. The number of benzene rings is 1. The second-order valence-electron chi connectivity index (χ2n) is 8.33. The standard InChI is InChI=1S/C20H29N3O9/c1-20(2,3)32-19(28)21-5-6-22(12(9-21)10-24)15-8-14(18(27)31-4)16(23(29)30)7-13(15)17(26)11-25/h7-8,12,17,24-26H,5-6,9-11H2,1-4H3. The summed E-state index contributed by atoms with van der Waals surface area (Å²) in [6, 6.07) is 1.55. The molecule has 1 heterocycles. The molecule has 0 aromatic heterocycles. The van der Waals surface area contributed by atoms with Crippen LogP contribution in [0.4, 0.5) is 16.2 Å². The number of methoxy groups -OCH3 is 1. The Morgan fingerprint density at radius 1 is 1.28 bits per heavy atom. The molecule has 2 rings (SSSR count). The Balaban J connectivity index is 2.49. The lowest BCUT2D eigenvalue weighted by Gasteiger charge is -2.43. The fraction of sp³-hybridized carbons (Fsp3) is 0.600. The smallest absolute Gasteiger partial charge is 0.410 e. The van der Waals surface area contributed by atoms with Crippen molar-refractivity contribution in [3.8, 4) is 0 Å². The lowest BCUT2D eigenvalue weighted by Crippen LogP contribution is -2.57. The van der Waals surface area contributed by atoms with Gasteiger partial charge in [0.15, 0.2) is 0 Å². The van der Waals surface area contributed by atoms with Gasteiger partial charge in [0.1, 0.15) is 17.3 Å². The molecule has 1 aromatic rings. The average molecular weight is 455 g/mol. The molecule has 2 atom stereocenters. The predicted molar refractivity (Wildman–Crippen MR) is 113 cm³/mol. The average Bonchev–Trinajstić information content (AvgIpc) is 2.75. The zero-order valence-corrected chi connectivity index (χ0v) is 18.5. The highest BCUT2D eigenvalue weighted by Crippen LogP contribution is 2.36. The van der Waals surface area contributed by atoms with Crippen molar-refractivity contribution in [2.45, 2.75) is 38.5 Å². The lowest BCUT2D eigenvalue weighted by molar-refractivity contribution is -0.385. The third-order valence-electron chi connectivity index (χ3n) is 4.93. The summed E-state index contributed by atoms with van der Waals surface area (Å²) in [5, 5.41) is 41.2. The van der Waals surface area contributed by atoms with E-state index in [2.05, 4.69) is 4.74 Å². The van der Waals surface area contributed by atoms with Crippen LogP contribution in [-0.2, 0) is 9.47 Å². The first kappa shape index (κ1) is 25.3. The molecule has 0 aliphatic carbocycles. The summed E-state index contributed by atoms with van der Waals surface area (Å²) in [7, 11) is 1.08. The SMILES string of the molecule is COC(=O)c1cc(N2CCN(C(=O)OC(C)(C)C)CC2CO)c(C(O)CO)cc1[N+](=O)[O-]. The molecule has 1 saturated heterocycles. The first-order chi connectivity index (χ1) is 14.9. The van der Waals surface area contributed by atoms with Gasteiger partial charge in [0.05, 0.1) is 31.3 Å². The van der Waals surface area contributed by atoms with Gasteiger partial charge in [0.25, 0.3) is 5.69 Å². The van der Waals surface area contributed by atoms with E-state index in [9.17, 15) is 35.0 Å². The lowest BCUT2D eigenvalue weighted by atomic mass is 9.99. The third-order valence-corrected chi connectivity index (χ3v) is 4.93. The van der Waals surface area contributed by atoms with E-state index >= 15 is 0 Å². The van der Waals surface area contributed by atoms with Gasteiger partial charge in [-0.25, -0.2) is 9.59 Å². The van der Waals surface area contributed by atoms with Crippen molar-refractivity contribution < 1.29 is 39.3 Å². The number of piperazine rings is 1. The summed E-state index contributed by atoms with van der Waals surface area (Å²) in [6.07, 6.45) is -2.02. The van der Waals surface area contributed by atoms with Crippen molar-refractivity contribution >= 4 is 23.4 Å². The topological polar surface area (TPSA) is 163 Å². The molecule has 0 spiro atoms. The Morgan fingerprint density at radius 2 is 1.94 bits per heavy atom. The fourth-order valence-corrected chi connectivity index (χ4v) is 3.45. The maximum atomic E-state index is 12.4. The minimum Gasteiger partial charge on any atom is -0.465 e. The molecule has 32 heavy (non-hydrogen) atoms. The Labute approximate surface area is 185 Å². The van der Waals surface area contributed by atoms with E-state index in [1.54, 1.807) is 25.7 Å². The maximum absolute atomic E-state index is 12.4. The van der Waals surface area contributed by atoms with E-state index in [4.69, 9.17) is 4.74 Å². The van der Waals surface area contributed by atoms with Crippen LogP contribution < -0.4 is 4.90 Å². The van der Waals surface area contributed by atoms with Gasteiger partial charge < -0.3 is 34.6 Å². The number of aliphatic hydroxyl groups excluding tert-OH is 3. The minimum atomic E-state index is -1.47. The zero-order chi connectivity index (χ0) is 24.2. The summed E-state index contributed by atoms with van der Waals surface area (Å²) in [5.74, 6) is -0.948. The van der Waals surface area contributed by atoms with Crippen LogP contribution in [0.15, 0.2) is 12.1 Å². The number of aliphatic hydroxyl groups is 3. The number of hydrogen-bond donors (Lipinski definition) is 3. The van der Waals surface area contributed by atoms with E-state index in [0.29, 0.717) is 0 Å².